The van der Waals surface area contributed by atoms with Crippen LogP contribution in [0.3, 0.4) is 0 Å². The van der Waals surface area contributed by atoms with Gasteiger partial charge in [0, 0.05) is 17.0 Å². The van der Waals surface area contributed by atoms with Gasteiger partial charge in [-0.3, -0.25) is 14.3 Å². The largest absolute Gasteiger partial charge is 0.416 e. The summed E-state index contributed by atoms with van der Waals surface area (Å²) in [5, 5.41) is 0. The van der Waals surface area contributed by atoms with Gasteiger partial charge in [-0.15, -0.1) is 0 Å². The molecule has 1 aliphatic heterocycles. The summed E-state index contributed by atoms with van der Waals surface area (Å²) in [5.74, 6) is 1.35. The fourth-order valence-electron chi connectivity index (χ4n) is 2.58. The van der Waals surface area contributed by atoms with Gasteiger partial charge in [-0.2, -0.15) is 24.9 Å². The number of aromatic nitrogens is 2. The van der Waals surface area contributed by atoms with Gasteiger partial charge in [0.2, 0.25) is 0 Å². The molecule has 0 amide bonds. The van der Waals surface area contributed by atoms with Crippen LogP contribution in [0.5, 0.6) is 0 Å². The van der Waals surface area contributed by atoms with E-state index < -0.39 is 17.4 Å². The van der Waals surface area contributed by atoms with Crippen molar-refractivity contribution in [3.63, 3.8) is 0 Å². The van der Waals surface area contributed by atoms with Gasteiger partial charge in [0.1, 0.15) is 0 Å². The normalized spacial score (nSPS) is 14.6. The van der Waals surface area contributed by atoms with Crippen molar-refractivity contribution in [2.75, 3.05) is 5.75 Å². The van der Waals surface area contributed by atoms with Gasteiger partial charge in [0.25, 0.3) is 5.56 Å². The van der Waals surface area contributed by atoms with Crippen molar-refractivity contribution in [3.8, 4) is 0 Å². The highest BCUT2D eigenvalue weighted by molar-refractivity contribution is 7.98. The number of alkyl halides is 3. The number of hydrogen-bond acceptors (Lipinski definition) is 3. The smallest absolute Gasteiger partial charge is 0.293 e. The Morgan fingerprint density at radius 1 is 1.17 bits per heavy atom. The Morgan fingerprint density at radius 2 is 1.87 bits per heavy atom. The number of nitrogens with zero attached hydrogens (tertiary/aromatic N) is 1. The topological polar surface area (TPSA) is 54.9 Å². The van der Waals surface area contributed by atoms with E-state index in [9.17, 15) is 22.8 Å². The Kier molecular flexibility index (Phi) is 4.09. The van der Waals surface area contributed by atoms with Crippen molar-refractivity contribution in [3.05, 3.63) is 67.5 Å². The van der Waals surface area contributed by atoms with Gasteiger partial charge in [-0.25, -0.2) is 4.79 Å². The van der Waals surface area contributed by atoms with E-state index in [1.807, 2.05) is 0 Å². The van der Waals surface area contributed by atoms with Crippen LogP contribution in [0.25, 0.3) is 0 Å². The Labute approximate surface area is 133 Å². The van der Waals surface area contributed by atoms with Crippen molar-refractivity contribution in [1.29, 1.82) is 0 Å². The van der Waals surface area contributed by atoms with E-state index in [1.165, 1.54) is 16.7 Å². The van der Waals surface area contributed by atoms with E-state index in [2.05, 4.69) is 4.98 Å². The van der Waals surface area contributed by atoms with E-state index >= 15 is 0 Å². The molecule has 2 heterocycles. The van der Waals surface area contributed by atoms with Gasteiger partial charge < -0.3 is 0 Å². The SMILES string of the molecule is O=c1[nH]c(=O)n(Cc2ccc(C(F)(F)F)cc2)c2c1CSCC2. The summed E-state index contributed by atoms with van der Waals surface area (Å²) in [4.78, 5) is 26.2. The van der Waals surface area contributed by atoms with Crippen LogP contribution < -0.4 is 11.2 Å². The lowest BCUT2D eigenvalue weighted by Crippen LogP contribution is -2.37. The molecule has 1 aromatic carbocycles. The monoisotopic (exact) mass is 342 g/mol. The number of thioether (sulfide) groups is 1. The number of aromatic amines is 1. The van der Waals surface area contributed by atoms with Crippen LogP contribution in [0.1, 0.15) is 22.4 Å². The molecule has 2 aromatic rings. The molecule has 0 bridgehead atoms. The molecule has 3 rings (SSSR count). The Hall–Kier alpha value is -1.96. The van der Waals surface area contributed by atoms with Crippen LogP contribution in [0.15, 0.2) is 33.9 Å². The molecule has 0 saturated carbocycles. The standard InChI is InChI=1S/C15H13F3N2O2S/c16-15(17,18)10-3-1-9(2-4-10)7-20-12-5-6-23-8-11(12)13(21)19-14(20)22/h1-4H,5-8H2,(H,19,21,22). The molecule has 23 heavy (non-hydrogen) atoms. The van der Waals surface area contributed by atoms with Crippen LogP contribution >= 0.6 is 11.8 Å². The van der Waals surface area contributed by atoms with Crippen LogP contribution in [-0.2, 0) is 24.9 Å². The Morgan fingerprint density at radius 3 is 2.52 bits per heavy atom. The highest BCUT2D eigenvalue weighted by atomic mass is 32.2. The maximum Gasteiger partial charge on any atom is 0.416 e. The molecule has 0 unspecified atom stereocenters. The molecule has 4 nitrogen and oxygen atoms in total. The van der Waals surface area contributed by atoms with Crippen LogP contribution in [-0.4, -0.2) is 15.3 Å². The van der Waals surface area contributed by atoms with E-state index in [0.29, 0.717) is 29.0 Å². The average molecular weight is 342 g/mol. The molecule has 1 N–H and O–H groups in total. The number of H-pyrrole nitrogens is 1. The molecule has 0 spiro atoms. The molecule has 122 valence electrons. The molecule has 0 atom stereocenters. The van der Waals surface area contributed by atoms with E-state index in [1.54, 1.807) is 11.8 Å². The fourth-order valence-corrected chi connectivity index (χ4v) is 3.57. The lowest BCUT2D eigenvalue weighted by atomic mass is 10.1. The molecular weight excluding hydrogens is 329 g/mol. The minimum Gasteiger partial charge on any atom is -0.293 e. The minimum atomic E-state index is -4.39. The quantitative estimate of drug-likeness (QED) is 0.912. The first-order valence-corrected chi connectivity index (χ1v) is 8.10. The summed E-state index contributed by atoms with van der Waals surface area (Å²) in [6.45, 7) is 0.140. The summed E-state index contributed by atoms with van der Waals surface area (Å²) in [6.07, 6.45) is -3.79. The first kappa shape index (κ1) is 15.9. The zero-order valence-electron chi connectivity index (χ0n) is 11.9. The number of hydrogen-bond donors (Lipinski definition) is 1. The summed E-state index contributed by atoms with van der Waals surface area (Å²) < 4.78 is 39.2. The molecule has 0 aliphatic carbocycles. The predicted molar refractivity (Wildman–Crippen MR) is 81.7 cm³/mol. The Bertz CT molecular complexity index is 838. The number of fused-ring (bicyclic) bond motifs is 1. The third kappa shape index (κ3) is 3.21. The molecular formula is C15H13F3N2O2S. The molecule has 8 heteroatoms. The molecule has 0 saturated heterocycles. The molecule has 0 radical (unpaired) electrons. The van der Waals surface area contributed by atoms with Crippen molar-refractivity contribution in [2.45, 2.75) is 24.9 Å². The molecule has 1 aromatic heterocycles. The number of benzene rings is 1. The average Bonchev–Trinajstić information content (AvgIpc) is 2.51. The fraction of sp³-hybridized carbons (Fsp3) is 0.333. The van der Waals surface area contributed by atoms with E-state index in [-0.39, 0.29) is 12.1 Å². The van der Waals surface area contributed by atoms with E-state index in [4.69, 9.17) is 0 Å². The van der Waals surface area contributed by atoms with Crippen molar-refractivity contribution in [1.82, 2.24) is 9.55 Å². The summed E-state index contributed by atoms with van der Waals surface area (Å²) in [6, 6.07) is 4.69. The van der Waals surface area contributed by atoms with Gasteiger partial charge >= 0.3 is 11.9 Å². The zero-order valence-corrected chi connectivity index (χ0v) is 12.8. The van der Waals surface area contributed by atoms with Gasteiger partial charge in [0.05, 0.1) is 12.1 Å². The van der Waals surface area contributed by atoms with Crippen LogP contribution in [0.2, 0.25) is 0 Å². The van der Waals surface area contributed by atoms with Crippen molar-refractivity contribution >= 4 is 11.8 Å². The van der Waals surface area contributed by atoms with Crippen LogP contribution in [0, 0.1) is 0 Å². The first-order chi connectivity index (χ1) is 10.9. The summed E-state index contributed by atoms with van der Waals surface area (Å²) in [7, 11) is 0. The maximum absolute atomic E-state index is 12.6. The third-order valence-electron chi connectivity index (χ3n) is 3.77. The number of rotatable bonds is 2. The van der Waals surface area contributed by atoms with Crippen molar-refractivity contribution in [2.24, 2.45) is 0 Å². The predicted octanol–water partition coefficient (Wildman–Crippen LogP) is 2.39. The van der Waals surface area contributed by atoms with Gasteiger partial charge in [0.15, 0.2) is 0 Å². The second-order valence-corrected chi connectivity index (χ2v) is 6.37. The lowest BCUT2D eigenvalue weighted by Gasteiger charge is -2.19. The number of nitrogens with one attached hydrogen (secondary N) is 1. The lowest BCUT2D eigenvalue weighted by molar-refractivity contribution is -0.137. The van der Waals surface area contributed by atoms with Crippen molar-refractivity contribution < 1.29 is 13.2 Å². The van der Waals surface area contributed by atoms with Crippen LogP contribution in [0.4, 0.5) is 13.2 Å². The number of halogens is 3. The van der Waals surface area contributed by atoms with Gasteiger partial charge in [-0.05, 0) is 29.9 Å². The summed E-state index contributed by atoms with van der Waals surface area (Å²) >= 11 is 1.62. The molecule has 1 aliphatic rings. The maximum atomic E-state index is 12.6. The van der Waals surface area contributed by atoms with Gasteiger partial charge in [-0.1, -0.05) is 12.1 Å². The Balaban J connectivity index is 1.97. The highest BCUT2D eigenvalue weighted by Gasteiger charge is 2.30. The first-order valence-electron chi connectivity index (χ1n) is 6.95. The second kappa shape index (κ2) is 5.92. The summed E-state index contributed by atoms with van der Waals surface area (Å²) in [5.41, 5.74) is 0.202. The third-order valence-corrected chi connectivity index (χ3v) is 4.75. The second-order valence-electron chi connectivity index (χ2n) is 5.27. The zero-order chi connectivity index (χ0) is 16.6. The molecule has 0 fully saturated rings. The van der Waals surface area contributed by atoms with E-state index in [0.717, 1.165) is 17.9 Å². The minimum absolute atomic E-state index is 0.140. The highest BCUT2D eigenvalue weighted by Crippen LogP contribution is 2.29.